The predicted octanol–water partition coefficient (Wildman–Crippen LogP) is 1.68. The van der Waals surface area contributed by atoms with Crippen LogP contribution in [0.1, 0.15) is 5.82 Å². The molecule has 3 N–H and O–H groups in total. The molecule has 2 aromatic rings. The zero-order valence-corrected chi connectivity index (χ0v) is 11.7. The van der Waals surface area contributed by atoms with E-state index in [9.17, 15) is 4.79 Å². The highest BCUT2D eigenvalue weighted by Crippen LogP contribution is 2.04. The number of aryl methyl sites for hydroxylation is 1. The van der Waals surface area contributed by atoms with Gasteiger partial charge in [-0.3, -0.25) is 10.2 Å². The van der Waals surface area contributed by atoms with Gasteiger partial charge >= 0.3 is 0 Å². The van der Waals surface area contributed by atoms with Gasteiger partial charge < -0.3 is 15.2 Å². The molecule has 108 valence electrons. The Labute approximate surface area is 123 Å². The molecule has 1 amide bonds. The van der Waals surface area contributed by atoms with E-state index in [4.69, 9.17) is 5.41 Å². The van der Waals surface area contributed by atoms with Gasteiger partial charge in [-0.2, -0.15) is 0 Å². The standard InChI is InChI=1S/C15H17N5O/c1-20-10-9-18-14(20)11-15(21)19-13(16)7-8-17-12-5-3-2-4-6-12/h2-10,17H,11H2,1H3,(H2,16,19,21)/b8-7-. The Balaban J connectivity index is 1.79. The Morgan fingerprint density at radius 1 is 1.38 bits per heavy atom. The van der Waals surface area contributed by atoms with Crippen molar-refractivity contribution < 1.29 is 4.79 Å². The van der Waals surface area contributed by atoms with Crippen molar-refractivity contribution >= 4 is 17.4 Å². The number of hydrogen-bond donors (Lipinski definition) is 3. The molecule has 0 saturated carbocycles. The Kier molecular flexibility index (Phi) is 4.87. The number of carbonyl (C=O) groups excluding carboxylic acids is 1. The van der Waals surface area contributed by atoms with Crippen molar-refractivity contribution in [3.05, 3.63) is 60.8 Å². The van der Waals surface area contributed by atoms with Crippen LogP contribution in [0.25, 0.3) is 0 Å². The monoisotopic (exact) mass is 283 g/mol. The molecule has 1 heterocycles. The molecule has 1 aromatic heterocycles. The number of imidazole rings is 1. The molecule has 0 unspecified atom stereocenters. The number of amidine groups is 1. The van der Waals surface area contributed by atoms with Gasteiger partial charge in [0.15, 0.2) is 0 Å². The summed E-state index contributed by atoms with van der Waals surface area (Å²) in [6.07, 6.45) is 6.66. The van der Waals surface area contributed by atoms with Crippen LogP contribution in [0, 0.1) is 5.41 Å². The van der Waals surface area contributed by atoms with Crippen LogP contribution in [0.4, 0.5) is 5.69 Å². The van der Waals surface area contributed by atoms with Gasteiger partial charge in [0.05, 0.1) is 6.42 Å². The highest BCUT2D eigenvalue weighted by Gasteiger charge is 2.07. The maximum Gasteiger partial charge on any atom is 0.233 e. The number of nitrogens with zero attached hydrogens (tertiary/aromatic N) is 2. The third kappa shape index (κ3) is 4.61. The Bertz CT molecular complexity index is 645. The summed E-state index contributed by atoms with van der Waals surface area (Å²) in [5.74, 6) is 0.419. The van der Waals surface area contributed by atoms with Gasteiger partial charge in [-0.05, 0) is 18.2 Å². The van der Waals surface area contributed by atoms with Gasteiger partial charge in [0.2, 0.25) is 5.91 Å². The predicted molar refractivity (Wildman–Crippen MR) is 82.0 cm³/mol. The van der Waals surface area contributed by atoms with E-state index in [-0.39, 0.29) is 18.2 Å². The lowest BCUT2D eigenvalue weighted by Gasteiger charge is -2.04. The molecule has 2 rings (SSSR count). The number of hydrogen-bond acceptors (Lipinski definition) is 4. The van der Waals surface area contributed by atoms with E-state index >= 15 is 0 Å². The number of carbonyl (C=O) groups is 1. The van der Waals surface area contributed by atoms with Crippen molar-refractivity contribution in [1.29, 1.82) is 5.41 Å². The summed E-state index contributed by atoms with van der Waals surface area (Å²) in [7, 11) is 1.82. The Morgan fingerprint density at radius 2 is 2.14 bits per heavy atom. The molecule has 1 aromatic carbocycles. The summed E-state index contributed by atoms with van der Waals surface area (Å²) < 4.78 is 1.77. The maximum atomic E-state index is 11.7. The summed E-state index contributed by atoms with van der Waals surface area (Å²) in [5.41, 5.74) is 0.917. The average Bonchev–Trinajstić information content (AvgIpc) is 2.85. The summed E-state index contributed by atoms with van der Waals surface area (Å²) >= 11 is 0. The third-order valence-electron chi connectivity index (χ3n) is 2.79. The van der Waals surface area contributed by atoms with E-state index in [0.717, 1.165) is 5.69 Å². The molecule has 6 nitrogen and oxygen atoms in total. The summed E-state index contributed by atoms with van der Waals surface area (Å²) in [5, 5.41) is 13.2. The SMILES string of the molecule is Cn1ccnc1CC(=O)NC(=N)/C=C\Nc1ccccc1. The topological polar surface area (TPSA) is 82.8 Å². The van der Waals surface area contributed by atoms with E-state index in [0.29, 0.717) is 5.82 Å². The molecule has 0 bridgehead atoms. The molecule has 6 heteroatoms. The van der Waals surface area contributed by atoms with Crippen molar-refractivity contribution in [3.8, 4) is 0 Å². The van der Waals surface area contributed by atoms with Gasteiger partial charge in [0.1, 0.15) is 11.7 Å². The first-order chi connectivity index (χ1) is 10.1. The number of amides is 1. The lowest BCUT2D eigenvalue weighted by molar-refractivity contribution is -0.119. The van der Waals surface area contributed by atoms with Crippen LogP contribution in [0.5, 0.6) is 0 Å². The highest BCUT2D eigenvalue weighted by molar-refractivity contribution is 6.03. The summed E-state index contributed by atoms with van der Waals surface area (Å²) in [4.78, 5) is 15.8. The molecule has 0 aliphatic carbocycles. The van der Waals surface area contributed by atoms with Gasteiger partial charge in [0, 0.05) is 31.3 Å². The lowest BCUT2D eigenvalue weighted by Crippen LogP contribution is -2.30. The molecule has 0 fully saturated rings. The van der Waals surface area contributed by atoms with Crippen LogP contribution >= 0.6 is 0 Å². The van der Waals surface area contributed by atoms with Crippen molar-refractivity contribution in [2.45, 2.75) is 6.42 Å². The normalized spacial score (nSPS) is 10.5. The van der Waals surface area contributed by atoms with Crippen LogP contribution in [-0.2, 0) is 18.3 Å². The van der Waals surface area contributed by atoms with Crippen molar-refractivity contribution in [3.63, 3.8) is 0 Å². The van der Waals surface area contributed by atoms with Crippen LogP contribution in [0.15, 0.2) is 55.0 Å². The number of anilines is 1. The van der Waals surface area contributed by atoms with Crippen molar-refractivity contribution in [2.24, 2.45) is 7.05 Å². The minimum atomic E-state index is -0.265. The molecule has 0 atom stereocenters. The van der Waals surface area contributed by atoms with E-state index in [1.807, 2.05) is 37.4 Å². The molecule has 0 aliphatic heterocycles. The number of aromatic nitrogens is 2. The fourth-order valence-electron chi connectivity index (χ4n) is 1.70. The molecule has 0 saturated heterocycles. The molecule has 0 spiro atoms. The van der Waals surface area contributed by atoms with Crippen molar-refractivity contribution in [1.82, 2.24) is 14.9 Å². The minimum absolute atomic E-state index is 0.0256. The molecule has 0 aliphatic rings. The summed E-state index contributed by atoms with van der Waals surface area (Å²) in [6, 6.07) is 9.57. The third-order valence-corrected chi connectivity index (χ3v) is 2.79. The second-order valence-electron chi connectivity index (χ2n) is 4.44. The average molecular weight is 283 g/mol. The fraction of sp³-hybridized carbons (Fsp3) is 0.133. The maximum absolute atomic E-state index is 11.7. The van der Waals surface area contributed by atoms with Crippen LogP contribution in [-0.4, -0.2) is 21.3 Å². The quantitative estimate of drug-likeness (QED) is 0.576. The lowest BCUT2D eigenvalue weighted by atomic mass is 10.3. The van der Waals surface area contributed by atoms with Crippen LogP contribution in [0.2, 0.25) is 0 Å². The Hall–Kier alpha value is -2.89. The smallest absolute Gasteiger partial charge is 0.233 e. The summed E-state index contributed by atoms with van der Waals surface area (Å²) in [6.45, 7) is 0. The first-order valence-electron chi connectivity index (χ1n) is 6.48. The highest BCUT2D eigenvalue weighted by atomic mass is 16.1. The van der Waals surface area contributed by atoms with Crippen molar-refractivity contribution in [2.75, 3.05) is 5.32 Å². The zero-order valence-electron chi connectivity index (χ0n) is 11.7. The number of rotatable bonds is 5. The second kappa shape index (κ2) is 7.04. The molecular weight excluding hydrogens is 266 g/mol. The number of nitrogens with one attached hydrogen (secondary N) is 3. The first kappa shape index (κ1) is 14.5. The molecular formula is C15H17N5O. The minimum Gasteiger partial charge on any atom is -0.362 e. The van der Waals surface area contributed by atoms with E-state index in [2.05, 4.69) is 15.6 Å². The Morgan fingerprint density at radius 3 is 2.81 bits per heavy atom. The molecule has 0 radical (unpaired) electrons. The van der Waals surface area contributed by atoms with Gasteiger partial charge in [-0.1, -0.05) is 18.2 Å². The van der Waals surface area contributed by atoms with E-state index < -0.39 is 0 Å². The number of para-hydroxylation sites is 1. The second-order valence-corrected chi connectivity index (χ2v) is 4.44. The van der Waals surface area contributed by atoms with Gasteiger partial charge in [-0.15, -0.1) is 0 Å². The van der Waals surface area contributed by atoms with Crippen LogP contribution in [0.3, 0.4) is 0 Å². The van der Waals surface area contributed by atoms with E-state index in [1.54, 1.807) is 23.2 Å². The largest absolute Gasteiger partial charge is 0.362 e. The van der Waals surface area contributed by atoms with Crippen LogP contribution < -0.4 is 10.6 Å². The molecule has 21 heavy (non-hydrogen) atoms. The van der Waals surface area contributed by atoms with E-state index in [1.165, 1.54) is 6.08 Å². The number of benzene rings is 1. The van der Waals surface area contributed by atoms with Gasteiger partial charge in [0.25, 0.3) is 0 Å². The zero-order chi connectivity index (χ0) is 15.1. The van der Waals surface area contributed by atoms with Gasteiger partial charge in [-0.25, -0.2) is 4.98 Å². The first-order valence-corrected chi connectivity index (χ1v) is 6.48. The fourth-order valence-corrected chi connectivity index (χ4v) is 1.70.